The number of hydrogen-bond donors (Lipinski definition) is 1. The highest BCUT2D eigenvalue weighted by Crippen LogP contribution is 2.37. The Bertz CT molecular complexity index is 390. The third-order valence-corrected chi connectivity index (χ3v) is 3.34. The van der Waals surface area contributed by atoms with E-state index in [1.165, 1.54) is 16.8 Å². The Morgan fingerprint density at radius 1 is 1.50 bits per heavy atom. The van der Waals surface area contributed by atoms with Gasteiger partial charge in [-0.1, -0.05) is 0 Å². The van der Waals surface area contributed by atoms with E-state index in [0.29, 0.717) is 12.6 Å². The van der Waals surface area contributed by atoms with Crippen LogP contribution in [0, 0.1) is 6.92 Å². The minimum absolute atomic E-state index is 0.194. The van der Waals surface area contributed by atoms with Crippen molar-refractivity contribution in [2.75, 3.05) is 25.2 Å². The maximum Gasteiger partial charge on any atom is 0.121 e. The van der Waals surface area contributed by atoms with E-state index in [2.05, 4.69) is 30.9 Å². The highest BCUT2D eigenvalue weighted by atomic mass is 16.5. The van der Waals surface area contributed by atoms with Gasteiger partial charge in [0.25, 0.3) is 0 Å². The maximum absolute atomic E-state index is 9.09. The molecule has 0 amide bonds. The van der Waals surface area contributed by atoms with Crippen LogP contribution in [0.25, 0.3) is 0 Å². The molecule has 88 valence electrons. The van der Waals surface area contributed by atoms with Crippen LogP contribution in [0.2, 0.25) is 0 Å². The standard InChI is InChI=1S/C13H19NO2/c1-9-6-11(16-3)8-13-12(9)7-10(2)14(13)4-5-15/h6,8,10,15H,4-5,7H2,1-3H3. The van der Waals surface area contributed by atoms with E-state index in [9.17, 15) is 0 Å². The summed E-state index contributed by atoms with van der Waals surface area (Å²) in [4.78, 5) is 2.25. The molecule has 0 bridgehead atoms. The zero-order chi connectivity index (χ0) is 11.7. The lowest BCUT2D eigenvalue weighted by Crippen LogP contribution is -2.31. The van der Waals surface area contributed by atoms with Gasteiger partial charge in [-0.15, -0.1) is 0 Å². The zero-order valence-corrected chi connectivity index (χ0v) is 10.2. The third-order valence-electron chi connectivity index (χ3n) is 3.34. The van der Waals surface area contributed by atoms with E-state index in [1.54, 1.807) is 7.11 Å². The van der Waals surface area contributed by atoms with Crippen LogP contribution in [0.1, 0.15) is 18.1 Å². The molecule has 1 N–H and O–H groups in total. The monoisotopic (exact) mass is 221 g/mol. The Morgan fingerprint density at radius 3 is 2.88 bits per heavy atom. The van der Waals surface area contributed by atoms with Gasteiger partial charge >= 0.3 is 0 Å². The quantitative estimate of drug-likeness (QED) is 0.844. The number of aryl methyl sites for hydroxylation is 1. The van der Waals surface area contributed by atoms with Crippen LogP contribution < -0.4 is 9.64 Å². The number of anilines is 1. The van der Waals surface area contributed by atoms with E-state index >= 15 is 0 Å². The Balaban J connectivity index is 2.42. The van der Waals surface area contributed by atoms with Crippen molar-refractivity contribution in [1.82, 2.24) is 0 Å². The van der Waals surface area contributed by atoms with Gasteiger partial charge in [0.2, 0.25) is 0 Å². The fourth-order valence-electron chi connectivity index (χ4n) is 2.50. The first-order valence-corrected chi connectivity index (χ1v) is 5.72. The molecule has 1 unspecified atom stereocenters. The highest BCUT2D eigenvalue weighted by molar-refractivity contribution is 5.64. The molecule has 1 atom stereocenters. The summed E-state index contributed by atoms with van der Waals surface area (Å²) in [6.45, 7) is 5.21. The van der Waals surface area contributed by atoms with Crippen molar-refractivity contribution >= 4 is 5.69 Å². The SMILES string of the molecule is COc1cc(C)c2c(c1)N(CCO)C(C)C2. The predicted octanol–water partition coefficient (Wildman–Crippen LogP) is 1.75. The molecule has 0 spiro atoms. The summed E-state index contributed by atoms with van der Waals surface area (Å²) in [5, 5.41) is 9.09. The lowest BCUT2D eigenvalue weighted by Gasteiger charge is -2.24. The van der Waals surface area contributed by atoms with Gasteiger partial charge in [-0.05, 0) is 37.5 Å². The van der Waals surface area contributed by atoms with Gasteiger partial charge in [-0.2, -0.15) is 0 Å². The zero-order valence-electron chi connectivity index (χ0n) is 10.2. The van der Waals surface area contributed by atoms with Gasteiger partial charge in [-0.25, -0.2) is 0 Å². The van der Waals surface area contributed by atoms with Crippen LogP contribution in [0.3, 0.4) is 0 Å². The van der Waals surface area contributed by atoms with Crippen molar-refractivity contribution in [3.8, 4) is 5.75 Å². The Labute approximate surface area is 96.6 Å². The molecule has 16 heavy (non-hydrogen) atoms. The lowest BCUT2D eigenvalue weighted by molar-refractivity contribution is 0.299. The molecular weight excluding hydrogens is 202 g/mol. The van der Waals surface area contributed by atoms with Gasteiger partial charge in [0.05, 0.1) is 13.7 Å². The van der Waals surface area contributed by atoms with Crippen LogP contribution in [0.4, 0.5) is 5.69 Å². The summed E-state index contributed by atoms with van der Waals surface area (Å²) in [6.07, 6.45) is 1.06. The smallest absolute Gasteiger partial charge is 0.121 e. The molecule has 1 aliphatic rings. The van der Waals surface area contributed by atoms with Crippen LogP contribution >= 0.6 is 0 Å². The number of ether oxygens (including phenoxy) is 1. The molecule has 1 aromatic carbocycles. The fourth-order valence-corrected chi connectivity index (χ4v) is 2.50. The van der Waals surface area contributed by atoms with E-state index < -0.39 is 0 Å². The predicted molar refractivity (Wildman–Crippen MR) is 65.3 cm³/mol. The minimum atomic E-state index is 0.194. The van der Waals surface area contributed by atoms with Gasteiger partial charge in [0.15, 0.2) is 0 Å². The molecule has 0 saturated heterocycles. The van der Waals surface area contributed by atoms with Crippen molar-refractivity contribution in [2.24, 2.45) is 0 Å². The Hall–Kier alpha value is -1.22. The average Bonchev–Trinajstić information content (AvgIpc) is 2.58. The summed E-state index contributed by atoms with van der Waals surface area (Å²) < 4.78 is 5.29. The van der Waals surface area contributed by atoms with Crippen LogP contribution in [-0.2, 0) is 6.42 Å². The van der Waals surface area contributed by atoms with Gasteiger partial charge in [-0.3, -0.25) is 0 Å². The Kier molecular flexibility index (Phi) is 3.06. The minimum Gasteiger partial charge on any atom is -0.497 e. The van der Waals surface area contributed by atoms with Crippen molar-refractivity contribution in [3.63, 3.8) is 0 Å². The van der Waals surface area contributed by atoms with Crippen molar-refractivity contribution < 1.29 is 9.84 Å². The second-order valence-electron chi connectivity index (χ2n) is 4.41. The summed E-state index contributed by atoms with van der Waals surface area (Å²) >= 11 is 0. The van der Waals surface area contributed by atoms with Crippen LogP contribution in [0.15, 0.2) is 12.1 Å². The molecule has 1 aromatic rings. The lowest BCUT2D eigenvalue weighted by atomic mass is 10.0. The number of rotatable bonds is 3. The van der Waals surface area contributed by atoms with E-state index in [0.717, 1.165) is 12.2 Å². The first-order chi connectivity index (χ1) is 7.67. The number of hydrogen-bond acceptors (Lipinski definition) is 3. The summed E-state index contributed by atoms with van der Waals surface area (Å²) in [5.41, 5.74) is 3.89. The molecule has 0 aromatic heterocycles. The maximum atomic E-state index is 9.09. The summed E-state index contributed by atoms with van der Waals surface area (Å²) in [6, 6.07) is 4.61. The summed E-state index contributed by atoms with van der Waals surface area (Å²) in [5.74, 6) is 0.897. The number of fused-ring (bicyclic) bond motifs is 1. The molecule has 0 radical (unpaired) electrons. The van der Waals surface area contributed by atoms with Gasteiger partial charge in [0.1, 0.15) is 5.75 Å². The molecule has 0 saturated carbocycles. The normalized spacial score (nSPS) is 18.8. The molecule has 0 fully saturated rings. The number of methoxy groups -OCH3 is 1. The van der Waals surface area contributed by atoms with Crippen molar-refractivity contribution in [1.29, 1.82) is 0 Å². The molecule has 0 aliphatic carbocycles. The number of aliphatic hydroxyl groups excluding tert-OH is 1. The third kappa shape index (κ3) is 1.76. The van der Waals surface area contributed by atoms with Crippen LogP contribution in [-0.4, -0.2) is 31.4 Å². The second-order valence-corrected chi connectivity index (χ2v) is 4.41. The molecule has 1 aliphatic heterocycles. The number of nitrogens with zero attached hydrogens (tertiary/aromatic N) is 1. The number of aliphatic hydroxyl groups is 1. The van der Waals surface area contributed by atoms with Gasteiger partial charge < -0.3 is 14.7 Å². The fraction of sp³-hybridized carbons (Fsp3) is 0.538. The average molecular weight is 221 g/mol. The van der Waals surface area contributed by atoms with E-state index in [-0.39, 0.29) is 6.61 Å². The largest absolute Gasteiger partial charge is 0.497 e. The molecule has 3 nitrogen and oxygen atoms in total. The van der Waals surface area contributed by atoms with Crippen molar-refractivity contribution in [2.45, 2.75) is 26.3 Å². The summed E-state index contributed by atoms with van der Waals surface area (Å²) in [7, 11) is 1.69. The topological polar surface area (TPSA) is 32.7 Å². The number of benzene rings is 1. The molecule has 2 rings (SSSR count). The van der Waals surface area contributed by atoms with Crippen molar-refractivity contribution in [3.05, 3.63) is 23.3 Å². The molecular formula is C13H19NO2. The van der Waals surface area contributed by atoms with Gasteiger partial charge in [0, 0.05) is 24.3 Å². The molecule has 1 heterocycles. The number of β-amino-alcohol motifs (C(OH)–C–C–N with tert-alkyl or cyclic N) is 1. The van der Waals surface area contributed by atoms with Crippen LogP contribution in [0.5, 0.6) is 5.75 Å². The second kappa shape index (κ2) is 4.34. The highest BCUT2D eigenvalue weighted by Gasteiger charge is 2.27. The molecule has 3 heteroatoms. The first kappa shape index (κ1) is 11.3. The van der Waals surface area contributed by atoms with E-state index in [4.69, 9.17) is 9.84 Å². The first-order valence-electron chi connectivity index (χ1n) is 5.72. The Morgan fingerprint density at radius 2 is 2.25 bits per heavy atom. The van der Waals surface area contributed by atoms with E-state index in [1.807, 2.05) is 0 Å².